The molecule has 0 amide bonds. The maximum atomic E-state index is 10.6. The van der Waals surface area contributed by atoms with Gasteiger partial charge in [-0.05, 0) is 31.9 Å². The molecule has 0 atom stereocenters. The molecule has 0 spiro atoms. The SMILES string of the molecule is Cc1c(C)c(O)c(CCCCCCCCCC[PH](c2ccccc2)(c2ccccc2)c2ccccc2)c(C)c1O. The molecule has 212 valence electrons. The number of unbranched alkanes of at least 4 members (excludes halogenated alkanes) is 7. The van der Waals surface area contributed by atoms with E-state index in [1.807, 2.05) is 20.8 Å². The molecule has 3 heteroatoms. The van der Waals surface area contributed by atoms with Crippen LogP contribution < -0.4 is 15.9 Å². The molecule has 0 aliphatic carbocycles. The van der Waals surface area contributed by atoms with Crippen LogP contribution in [0.5, 0.6) is 11.5 Å². The fourth-order valence-corrected chi connectivity index (χ4v) is 11.3. The number of phenolic OH excluding ortho intramolecular Hbond substituents is 2. The van der Waals surface area contributed by atoms with Crippen LogP contribution in [-0.2, 0) is 6.42 Å². The Morgan fingerprint density at radius 1 is 0.450 bits per heavy atom. The van der Waals surface area contributed by atoms with Crippen LogP contribution in [0.25, 0.3) is 0 Å². The Hall–Kier alpha value is -3.09. The first-order valence-electron chi connectivity index (χ1n) is 15.1. The minimum Gasteiger partial charge on any atom is -0.507 e. The smallest absolute Gasteiger partial charge is 0.507 e. The summed E-state index contributed by atoms with van der Waals surface area (Å²) < 4.78 is 0. The van der Waals surface area contributed by atoms with Gasteiger partial charge in [0.15, 0.2) is 0 Å². The second-order valence-electron chi connectivity index (χ2n) is 11.4. The van der Waals surface area contributed by atoms with Gasteiger partial charge in [-0.25, -0.2) is 0 Å². The summed E-state index contributed by atoms with van der Waals surface area (Å²) in [6, 6.07) is 33.7. The summed E-state index contributed by atoms with van der Waals surface area (Å²) in [6.07, 6.45) is 11.9. The van der Waals surface area contributed by atoms with Crippen molar-refractivity contribution in [2.45, 2.75) is 78.6 Å². The van der Waals surface area contributed by atoms with Gasteiger partial charge in [0, 0.05) is 0 Å². The van der Waals surface area contributed by atoms with E-state index in [9.17, 15) is 10.2 Å². The van der Waals surface area contributed by atoms with Gasteiger partial charge in [0.2, 0.25) is 0 Å². The Morgan fingerprint density at radius 3 is 1.27 bits per heavy atom. The third-order valence-corrected chi connectivity index (χ3v) is 14.0. The molecule has 0 fully saturated rings. The minimum atomic E-state index is -2.10. The van der Waals surface area contributed by atoms with E-state index >= 15 is 0 Å². The van der Waals surface area contributed by atoms with Crippen molar-refractivity contribution in [1.82, 2.24) is 0 Å². The zero-order valence-corrected chi connectivity index (χ0v) is 25.6. The predicted octanol–water partition coefficient (Wildman–Crippen LogP) is 8.41. The van der Waals surface area contributed by atoms with Crippen molar-refractivity contribution >= 4 is 23.2 Å². The molecule has 4 aromatic rings. The molecule has 0 unspecified atom stereocenters. The van der Waals surface area contributed by atoms with Gasteiger partial charge >= 0.3 is 195 Å². The number of aromatic hydroxyl groups is 2. The molecule has 0 heterocycles. The van der Waals surface area contributed by atoms with Crippen molar-refractivity contribution < 1.29 is 10.2 Å². The molecule has 0 radical (unpaired) electrons. The van der Waals surface area contributed by atoms with E-state index in [1.165, 1.54) is 67.0 Å². The van der Waals surface area contributed by atoms with Gasteiger partial charge in [0.05, 0.1) is 0 Å². The van der Waals surface area contributed by atoms with Gasteiger partial charge < -0.3 is 10.2 Å². The second kappa shape index (κ2) is 14.5. The number of hydrogen-bond acceptors (Lipinski definition) is 2. The number of benzene rings is 4. The van der Waals surface area contributed by atoms with E-state index in [4.69, 9.17) is 0 Å². The molecule has 0 aromatic heterocycles. The van der Waals surface area contributed by atoms with E-state index in [-0.39, 0.29) is 0 Å². The normalized spacial score (nSPS) is 12.0. The Morgan fingerprint density at radius 2 is 0.825 bits per heavy atom. The Labute approximate surface area is 242 Å². The minimum absolute atomic E-state index is 0.337. The summed E-state index contributed by atoms with van der Waals surface area (Å²) in [5, 5.41) is 25.5. The van der Waals surface area contributed by atoms with Crippen molar-refractivity contribution in [3.8, 4) is 11.5 Å². The molecular formula is C37H47O2P. The molecule has 40 heavy (non-hydrogen) atoms. The first-order valence-corrected chi connectivity index (χ1v) is 17.3. The molecule has 0 aliphatic heterocycles. The van der Waals surface area contributed by atoms with Crippen LogP contribution in [0, 0.1) is 20.8 Å². The van der Waals surface area contributed by atoms with Crippen molar-refractivity contribution in [2.24, 2.45) is 0 Å². The van der Waals surface area contributed by atoms with Gasteiger partial charge in [0.1, 0.15) is 5.75 Å². The molecule has 2 N–H and O–H groups in total. The molecule has 0 saturated carbocycles. The fourth-order valence-electron chi connectivity index (χ4n) is 6.34. The van der Waals surface area contributed by atoms with Gasteiger partial charge in [-0.15, -0.1) is 0 Å². The summed E-state index contributed by atoms with van der Waals surface area (Å²) in [4.78, 5) is 0. The third-order valence-electron chi connectivity index (χ3n) is 8.89. The summed E-state index contributed by atoms with van der Waals surface area (Å²) in [5.74, 6) is 0.707. The van der Waals surface area contributed by atoms with Crippen LogP contribution >= 0.6 is 7.26 Å². The predicted molar refractivity (Wildman–Crippen MR) is 176 cm³/mol. The van der Waals surface area contributed by atoms with Crippen molar-refractivity contribution in [3.05, 3.63) is 113 Å². The van der Waals surface area contributed by atoms with Crippen molar-refractivity contribution in [1.29, 1.82) is 0 Å². The summed E-state index contributed by atoms with van der Waals surface area (Å²) in [6.45, 7) is 5.68. The Bertz CT molecular complexity index is 1210. The van der Waals surface area contributed by atoms with E-state index in [0.717, 1.165) is 35.1 Å². The first-order chi connectivity index (χ1) is 19.5. The third kappa shape index (κ3) is 6.79. The summed E-state index contributed by atoms with van der Waals surface area (Å²) in [7, 11) is -2.10. The molecule has 0 saturated heterocycles. The van der Waals surface area contributed by atoms with Gasteiger partial charge in [0.25, 0.3) is 0 Å². The Kier molecular flexibility index (Phi) is 10.8. The van der Waals surface area contributed by atoms with E-state index < -0.39 is 7.26 Å². The Balaban J connectivity index is 1.29. The van der Waals surface area contributed by atoms with Crippen LogP contribution in [0.3, 0.4) is 0 Å². The van der Waals surface area contributed by atoms with Gasteiger partial charge in [-0.1, -0.05) is 0 Å². The monoisotopic (exact) mass is 554 g/mol. The van der Waals surface area contributed by atoms with Crippen LogP contribution in [0.4, 0.5) is 0 Å². The number of rotatable bonds is 14. The van der Waals surface area contributed by atoms with Crippen LogP contribution in [0.1, 0.15) is 73.6 Å². The average molecular weight is 555 g/mol. The molecule has 4 rings (SSSR count). The number of hydrogen-bond donors (Lipinski definition) is 2. The standard InChI is InChI=1S/C37H47O2P/c1-29-30(2)37(39)35(31(3)36(29)38)27-19-8-6-4-5-7-9-20-28-40(32-21-13-10-14-22-32,33-23-15-11-16-24-33)34-25-17-12-18-26-34/h10-18,21-26,38-40H,4-9,19-20,27-28H2,1-3H3. The number of phenols is 2. The molecule has 0 bridgehead atoms. The zero-order valence-electron chi connectivity index (χ0n) is 24.6. The second-order valence-corrected chi connectivity index (χ2v) is 15.4. The molecule has 0 aliphatic rings. The summed E-state index contributed by atoms with van der Waals surface area (Å²) in [5.41, 5.74) is 3.34. The zero-order chi connectivity index (χ0) is 28.4. The van der Waals surface area contributed by atoms with Gasteiger partial charge in [-0.3, -0.25) is 0 Å². The molecule has 2 nitrogen and oxygen atoms in total. The molecular weight excluding hydrogens is 507 g/mol. The average Bonchev–Trinajstić information content (AvgIpc) is 3.01. The van der Waals surface area contributed by atoms with Crippen molar-refractivity contribution in [2.75, 3.05) is 6.16 Å². The van der Waals surface area contributed by atoms with Crippen LogP contribution in [0.2, 0.25) is 0 Å². The topological polar surface area (TPSA) is 40.5 Å². The maximum absolute atomic E-state index is 10.6. The van der Waals surface area contributed by atoms with E-state index in [2.05, 4.69) is 91.0 Å². The van der Waals surface area contributed by atoms with Gasteiger partial charge in [-0.2, -0.15) is 0 Å². The van der Waals surface area contributed by atoms with Crippen LogP contribution in [-0.4, -0.2) is 16.4 Å². The van der Waals surface area contributed by atoms with Crippen molar-refractivity contribution in [3.63, 3.8) is 0 Å². The van der Waals surface area contributed by atoms with Crippen LogP contribution in [0.15, 0.2) is 91.0 Å². The van der Waals surface area contributed by atoms with E-state index in [0.29, 0.717) is 11.5 Å². The first kappa shape index (κ1) is 29.9. The van der Waals surface area contributed by atoms with E-state index in [1.54, 1.807) is 0 Å². The fraction of sp³-hybridized carbons (Fsp3) is 0.351. The quantitative estimate of drug-likeness (QED) is 0.0933. The summed E-state index contributed by atoms with van der Waals surface area (Å²) >= 11 is 0. The molecule has 4 aromatic carbocycles.